The normalized spacial score (nSPS) is 17.1. The second kappa shape index (κ2) is 7.65. The molecule has 0 unspecified atom stereocenters. The number of hydrogen-bond donors (Lipinski definition) is 3. The second-order valence-electron chi connectivity index (χ2n) is 4.96. The van der Waals surface area contributed by atoms with Crippen LogP contribution in [0.4, 0.5) is 5.82 Å². The van der Waals surface area contributed by atoms with Crippen LogP contribution in [0.1, 0.15) is 38.5 Å². The fourth-order valence-electron chi connectivity index (χ4n) is 2.45. The largest absolute Gasteiger partial charge is 0.368 e. The topological polar surface area (TPSA) is 69.8 Å². The van der Waals surface area contributed by atoms with E-state index in [-0.39, 0.29) is 5.56 Å². The molecular weight excluding hydrogens is 308 g/mol. The fourth-order valence-corrected chi connectivity index (χ4v) is 2.80. The molecule has 1 aliphatic rings. The van der Waals surface area contributed by atoms with E-state index in [0.717, 1.165) is 13.1 Å². The Balaban J connectivity index is 1.71. The lowest BCUT2D eigenvalue weighted by Crippen LogP contribution is -2.32. The van der Waals surface area contributed by atoms with Crippen LogP contribution in [0.15, 0.2) is 15.6 Å². The molecule has 2 rings (SSSR count). The van der Waals surface area contributed by atoms with Gasteiger partial charge in [-0.3, -0.25) is 4.79 Å². The standard InChI is InChI=1S/C13H21BrN4O/c14-11-12(17-9-18-13(11)19)16-8-7-15-10-5-3-1-2-4-6-10/h9-10,15H,1-8H2,(H2,16,17,18,19). The average molecular weight is 329 g/mol. The number of anilines is 1. The number of nitrogens with one attached hydrogen (secondary N) is 3. The summed E-state index contributed by atoms with van der Waals surface area (Å²) in [5.41, 5.74) is -0.158. The lowest BCUT2D eigenvalue weighted by molar-refractivity contribution is 0.468. The molecule has 0 atom stereocenters. The summed E-state index contributed by atoms with van der Waals surface area (Å²) in [6.07, 6.45) is 9.41. The highest BCUT2D eigenvalue weighted by molar-refractivity contribution is 9.10. The lowest BCUT2D eigenvalue weighted by atomic mass is 10.1. The number of nitrogens with zero attached hydrogens (tertiary/aromatic N) is 1. The predicted octanol–water partition coefficient (Wildman–Crippen LogP) is 2.26. The summed E-state index contributed by atoms with van der Waals surface area (Å²) in [4.78, 5) is 18.0. The molecule has 0 radical (unpaired) electrons. The second-order valence-corrected chi connectivity index (χ2v) is 5.76. The van der Waals surface area contributed by atoms with E-state index in [9.17, 15) is 4.79 Å². The highest BCUT2D eigenvalue weighted by Gasteiger charge is 2.11. The Bertz CT molecular complexity index is 441. The summed E-state index contributed by atoms with van der Waals surface area (Å²) in [7, 11) is 0. The monoisotopic (exact) mass is 328 g/mol. The van der Waals surface area contributed by atoms with Gasteiger partial charge in [-0.05, 0) is 28.8 Å². The number of aromatic nitrogens is 2. The number of rotatable bonds is 5. The molecule has 0 spiro atoms. The van der Waals surface area contributed by atoms with Gasteiger partial charge in [-0.1, -0.05) is 25.7 Å². The summed E-state index contributed by atoms with van der Waals surface area (Å²) >= 11 is 3.23. The van der Waals surface area contributed by atoms with Crippen molar-refractivity contribution in [3.63, 3.8) is 0 Å². The lowest BCUT2D eigenvalue weighted by Gasteiger charge is -2.16. The fraction of sp³-hybridized carbons (Fsp3) is 0.692. The van der Waals surface area contributed by atoms with Crippen LogP contribution in [0.25, 0.3) is 0 Å². The number of aromatic amines is 1. The maximum absolute atomic E-state index is 11.4. The smallest absolute Gasteiger partial charge is 0.267 e. The van der Waals surface area contributed by atoms with Crippen molar-refractivity contribution in [3.8, 4) is 0 Å². The van der Waals surface area contributed by atoms with Crippen LogP contribution in [0.5, 0.6) is 0 Å². The molecule has 0 saturated heterocycles. The molecule has 3 N–H and O–H groups in total. The molecule has 0 bridgehead atoms. The molecule has 6 heteroatoms. The van der Waals surface area contributed by atoms with E-state index in [4.69, 9.17) is 0 Å². The zero-order chi connectivity index (χ0) is 13.5. The third-order valence-corrected chi connectivity index (χ3v) is 4.24. The molecule has 0 amide bonds. The summed E-state index contributed by atoms with van der Waals surface area (Å²) < 4.78 is 0.462. The maximum Gasteiger partial charge on any atom is 0.267 e. The molecule has 1 aromatic heterocycles. The van der Waals surface area contributed by atoms with Gasteiger partial charge in [0.05, 0.1) is 6.33 Å². The zero-order valence-electron chi connectivity index (χ0n) is 11.0. The molecule has 1 aliphatic carbocycles. The Labute approximate surface area is 121 Å². The van der Waals surface area contributed by atoms with Crippen LogP contribution in [-0.4, -0.2) is 29.1 Å². The third kappa shape index (κ3) is 4.62. The van der Waals surface area contributed by atoms with Crippen molar-refractivity contribution in [3.05, 3.63) is 21.2 Å². The number of halogens is 1. The maximum atomic E-state index is 11.4. The molecular formula is C13H21BrN4O. The third-order valence-electron chi connectivity index (χ3n) is 3.50. The first-order valence-corrected chi connectivity index (χ1v) is 7.77. The van der Waals surface area contributed by atoms with Crippen LogP contribution >= 0.6 is 15.9 Å². The summed E-state index contributed by atoms with van der Waals surface area (Å²) in [5.74, 6) is 0.603. The van der Waals surface area contributed by atoms with Crippen LogP contribution in [0.3, 0.4) is 0 Å². The van der Waals surface area contributed by atoms with Crippen LogP contribution in [-0.2, 0) is 0 Å². The van der Waals surface area contributed by atoms with Crippen molar-refractivity contribution < 1.29 is 0 Å². The van der Waals surface area contributed by atoms with Crippen molar-refractivity contribution in [2.75, 3.05) is 18.4 Å². The van der Waals surface area contributed by atoms with Crippen molar-refractivity contribution in [1.82, 2.24) is 15.3 Å². The SMILES string of the molecule is O=c1[nH]cnc(NCCNC2CCCCCC2)c1Br. The molecule has 1 aromatic rings. The summed E-state index contributed by atoms with van der Waals surface area (Å²) in [5, 5.41) is 6.74. The number of H-pyrrole nitrogens is 1. The van der Waals surface area contributed by atoms with Crippen LogP contribution < -0.4 is 16.2 Å². The van der Waals surface area contributed by atoms with Crippen molar-refractivity contribution >= 4 is 21.7 Å². The Morgan fingerprint density at radius 3 is 2.74 bits per heavy atom. The predicted molar refractivity (Wildman–Crippen MR) is 80.5 cm³/mol. The van der Waals surface area contributed by atoms with Gasteiger partial charge in [-0.2, -0.15) is 0 Å². The van der Waals surface area contributed by atoms with E-state index in [2.05, 4.69) is 36.5 Å². The quantitative estimate of drug-likeness (QED) is 0.572. The van der Waals surface area contributed by atoms with E-state index >= 15 is 0 Å². The molecule has 0 aliphatic heterocycles. The Hall–Kier alpha value is -0.880. The molecule has 1 saturated carbocycles. The summed E-state index contributed by atoms with van der Waals surface area (Å²) in [6.45, 7) is 1.66. The van der Waals surface area contributed by atoms with E-state index in [0.29, 0.717) is 16.3 Å². The minimum absolute atomic E-state index is 0.158. The molecule has 1 fully saturated rings. The van der Waals surface area contributed by atoms with E-state index in [1.54, 1.807) is 0 Å². The average Bonchev–Trinajstić information content (AvgIpc) is 2.68. The Morgan fingerprint density at radius 1 is 1.26 bits per heavy atom. The van der Waals surface area contributed by atoms with Crippen molar-refractivity contribution in [2.45, 2.75) is 44.6 Å². The van der Waals surface area contributed by atoms with Crippen LogP contribution in [0, 0.1) is 0 Å². The van der Waals surface area contributed by atoms with Crippen molar-refractivity contribution in [1.29, 1.82) is 0 Å². The van der Waals surface area contributed by atoms with Crippen molar-refractivity contribution in [2.24, 2.45) is 0 Å². The van der Waals surface area contributed by atoms with Gasteiger partial charge < -0.3 is 15.6 Å². The van der Waals surface area contributed by atoms with Gasteiger partial charge in [-0.15, -0.1) is 0 Å². The van der Waals surface area contributed by atoms with Crippen LogP contribution in [0.2, 0.25) is 0 Å². The first-order valence-electron chi connectivity index (χ1n) is 6.98. The summed E-state index contributed by atoms with van der Waals surface area (Å²) in [6, 6.07) is 0.653. The van der Waals surface area contributed by atoms with Gasteiger partial charge in [0.1, 0.15) is 10.3 Å². The van der Waals surface area contributed by atoms with Gasteiger partial charge in [0, 0.05) is 19.1 Å². The molecule has 1 heterocycles. The highest BCUT2D eigenvalue weighted by atomic mass is 79.9. The minimum Gasteiger partial charge on any atom is -0.368 e. The van der Waals surface area contributed by atoms with Gasteiger partial charge in [0.15, 0.2) is 0 Å². The molecule has 106 valence electrons. The van der Waals surface area contributed by atoms with E-state index in [1.165, 1.54) is 44.9 Å². The van der Waals surface area contributed by atoms with Gasteiger partial charge in [0.25, 0.3) is 5.56 Å². The first-order chi connectivity index (χ1) is 9.27. The Morgan fingerprint density at radius 2 is 2.00 bits per heavy atom. The van der Waals surface area contributed by atoms with Gasteiger partial charge >= 0.3 is 0 Å². The van der Waals surface area contributed by atoms with Gasteiger partial charge in [-0.25, -0.2) is 4.98 Å². The molecule has 0 aromatic carbocycles. The Kier molecular flexibility index (Phi) is 5.85. The molecule has 5 nitrogen and oxygen atoms in total. The van der Waals surface area contributed by atoms with E-state index in [1.807, 2.05) is 0 Å². The minimum atomic E-state index is -0.158. The number of hydrogen-bond acceptors (Lipinski definition) is 4. The first kappa shape index (κ1) is 14.5. The highest BCUT2D eigenvalue weighted by Crippen LogP contribution is 2.17. The van der Waals surface area contributed by atoms with E-state index < -0.39 is 0 Å². The zero-order valence-corrected chi connectivity index (χ0v) is 12.6. The molecule has 19 heavy (non-hydrogen) atoms. The van der Waals surface area contributed by atoms with Gasteiger partial charge in [0.2, 0.25) is 0 Å².